The van der Waals surface area contributed by atoms with Gasteiger partial charge in [-0.05, 0) is 31.2 Å². The van der Waals surface area contributed by atoms with Crippen LogP contribution in [-0.4, -0.2) is 16.9 Å². The highest BCUT2D eigenvalue weighted by Gasteiger charge is 2.10. The van der Waals surface area contributed by atoms with Crippen molar-refractivity contribution >= 4 is 17.7 Å². The van der Waals surface area contributed by atoms with Crippen LogP contribution in [0, 0.1) is 12.7 Å². The molecular formula is C19H16FNO3S. The minimum Gasteiger partial charge on any atom is -0.458 e. The molecule has 1 heterocycles. The molecule has 0 N–H and O–H groups in total. The van der Waals surface area contributed by atoms with E-state index in [-0.39, 0.29) is 24.1 Å². The van der Waals surface area contributed by atoms with Gasteiger partial charge in [-0.3, -0.25) is 4.79 Å². The molecule has 0 atom stereocenters. The third-order valence-corrected chi connectivity index (χ3v) is 4.43. The third-order valence-electron chi connectivity index (χ3n) is 3.45. The van der Waals surface area contributed by atoms with E-state index in [4.69, 9.17) is 9.26 Å². The molecule has 4 nitrogen and oxygen atoms in total. The second kappa shape index (κ2) is 7.98. The molecule has 0 saturated carbocycles. The molecule has 25 heavy (non-hydrogen) atoms. The first-order valence-electron chi connectivity index (χ1n) is 7.67. The van der Waals surface area contributed by atoms with Gasteiger partial charge in [0.2, 0.25) is 0 Å². The lowest BCUT2D eigenvalue weighted by Gasteiger charge is -2.02. The second-order valence-corrected chi connectivity index (χ2v) is 6.50. The van der Waals surface area contributed by atoms with Crippen LogP contribution in [0.3, 0.4) is 0 Å². The molecule has 3 aromatic rings. The molecule has 3 rings (SSSR count). The molecule has 2 aromatic carbocycles. The zero-order chi connectivity index (χ0) is 17.6. The summed E-state index contributed by atoms with van der Waals surface area (Å²) >= 11 is 1.29. The van der Waals surface area contributed by atoms with Crippen LogP contribution in [0.15, 0.2) is 64.0 Å². The highest BCUT2D eigenvalue weighted by molar-refractivity contribution is 8.00. The minimum absolute atomic E-state index is 0.0537. The predicted octanol–water partition coefficient (Wildman–Crippen LogP) is 4.62. The molecule has 0 unspecified atom stereocenters. The Balaban J connectivity index is 1.49. The van der Waals surface area contributed by atoms with E-state index in [1.54, 1.807) is 18.2 Å². The number of halogens is 1. The lowest BCUT2D eigenvalue weighted by molar-refractivity contribution is -0.141. The van der Waals surface area contributed by atoms with Crippen LogP contribution in [0.4, 0.5) is 4.39 Å². The summed E-state index contributed by atoms with van der Waals surface area (Å²) in [6.45, 7) is 2.07. The number of benzene rings is 2. The van der Waals surface area contributed by atoms with Crippen molar-refractivity contribution in [2.24, 2.45) is 0 Å². The first-order valence-corrected chi connectivity index (χ1v) is 8.65. The smallest absolute Gasteiger partial charge is 0.316 e. The van der Waals surface area contributed by atoms with Crippen LogP contribution < -0.4 is 0 Å². The average molecular weight is 357 g/mol. The van der Waals surface area contributed by atoms with Gasteiger partial charge in [-0.1, -0.05) is 35.0 Å². The van der Waals surface area contributed by atoms with E-state index in [9.17, 15) is 9.18 Å². The van der Waals surface area contributed by atoms with Crippen LogP contribution >= 0.6 is 11.8 Å². The lowest BCUT2D eigenvalue weighted by Crippen LogP contribution is -2.07. The Morgan fingerprint density at radius 3 is 2.60 bits per heavy atom. The van der Waals surface area contributed by atoms with Crippen molar-refractivity contribution in [3.8, 4) is 11.3 Å². The molecule has 0 bridgehead atoms. The van der Waals surface area contributed by atoms with Gasteiger partial charge in [0.25, 0.3) is 0 Å². The number of hydrogen-bond donors (Lipinski definition) is 0. The summed E-state index contributed by atoms with van der Waals surface area (Å²) < 4.78 is 23.3. The fourth-order valence-corrected chi connectivity index (χ4v) is 2.80. The summed E-state index contributed by atoms with van der Waals surface area (Å²) in [5.41, 5.74) is 2.63. The van der Waals surface area contributed by atoms with E-state index < -0.39 is 0 Å². The molecule has 0 aliphatic rings. The quantitative estimate of drug-likeness (QED) is 0.476. The molecule has 0 saturated heterocycles. The number of carbonyl (C=O) groups excluding carboxylic acids is 1. The molecule has 0 radical (unpaired) electrons. The maximum Gasteiger partial charge on any atom is 0.316 e. The third kappa shape index (κ3) is 4.93. The Hall–Kier alpha value is -2.60. The fourth-order valence-electron chi connectivity index (χ4n) is 2.10. The second-order valence-electron chi connectivity index (χ2n) is 5.45. The lowest BCUT2D eigenvalue weighted by atomic mass is 10.1. The fraction of sp³-hybridized carbons (Fsp3) is 0.158. The number of carbonyl (C=O) groups is 1. The van der Waals surface area contributed by atoms with Crippen molar-refractivity contribution in [1.29, 1.82) is 0 Å². The molecular weight excluding hydrogens is 341 g/mol. The Morgan fingerprint density at radius 1 is 1.16 bits per heavy atom. The minimum atomic E-state index is -0.366. The van der Waals surface area contributed by atoms with Crippen molar-refractivity contribution in [2.75, 3.05) is 5.75 Å². The van der Waals surface area contributed by atoms with Crippen LogP contribution in [-0.2, 0) is 16.1 Å². The normalized spacial score (nSPS) is 10.6. The summed E-state index contributed by atoms with van der Waals surface area (Å²) in [5, 5.41) is 3.91. The first kappa shape index (κ1) is 17.2. The SMILES string of the molecule is Cc1ccc(-c2cc(COC(=O)CSc3ccc(F)cc3)no2)cc1. The van der Waals surface area contributed by atoms with Crippen molar-refractivity contribution in [3.05, 3.63) is 71.7 Å². The van der Waals surface area contributed by atoms with E-state index in [1.165, 1.54) is 23.9 Å². The van der Waals surface area contributed by atoms with E-state index in [0.717, 1.165) is 16.0 Å². The molecule has 0 spiro atoms. The number of rotatable bonds is 6. The van der Waals surface area contributed by atoms with E-state index in [0.29, 0.717) is 11.5 Å². The van der Waals surface area contributed by atoms with E-state index in [1.807, 2.05) is 31.2 Å². The van der Waals surface area contributed by atoms with Gasteiger partial charge in [0.1, 0.15) is 18.1 Å². The Morgan fingerprint density at radius 2 is 1.88 bits per heavy atom. The van der Waals surface area contributed by atoms with Gasteiger partial charge in [0.05, 0.1) is 5.75 Å². The molecule has 128 valence electrons. The maximum atomic E-state index is 12.8. The van der Waals surface area contributed by atoms with E-state index in [2.05, 4.69) is 5.16 Å². The molecule has 0 aliphatic carbocycles. The Bertz CT molecular complexity index is 844. The largest absolute Gasteiger partial charge is 0.458 e. The van der Waals surface area contributed by atoms with Gasteiger partial charge < -0.3 is 9.26 Å². The van der Waals surface area contributed by atoms with Crippen LogP contribution in [0.25, 0.3) is 11.3 Å². The zero-order valence-electron chi connectivity index (χ0n) is 13.6. The standard InChI is InChI=1S/C19H16FNO3S/c1-13-2-4-14(5-3-13)18-10-16(21-24-18)11-23-19(22)12-25-17-8-6-15(20)7-9-17/h2-10H,11-12H2,1H3. The number of aryl methyl sites for hydroxylation is 1. The van der Waals surface area contributed by atoms with Gasteiger partial charge in [-0.25, -0.2) is 4.39 Å². The number of hydrogen-bond acceptors (Lipinski definition) is 5. The van der Waals surface area contributed by atoms with Gasteiger partial charge in [-0.2, -0.15) is 0 Å². The zero-order valence-corrected chi connectivity index (χ0v) is 14.4. The van der Waals surface area contributed by atoms with Crippen molar-refractivity contribution in [2.45, 2.75) is 18.4 Å². The molecule has 0 amide bonds. The van der Waals surface area contributed by atoms with Crippen LogP contribution in [0.5, 0.6) is 0 Å². The number of aromatic nitrogens is 1. The highest BCUT2D eigenvalue weighted by atomic mass is 32.2. The van der Waals surface area contributed by atoms with Crippen molar-refractivity contribution in [1.82, 2.24) is 5.16 Å². The van der Waals surface area contributed by atoms with E-state index >= 15 is 0 Å². The topological polar surface area (TPSA) is 52.3 Å². The molecule has 0 aliphatic heterocycles. The van der Waals surface area contributed by atoms with Crippen molar-refractivity contribution in [3.63, 3.8) is 0 Å². The number of ether oxygens (including phenoxy) is 1. The maximum absolute atomic E-state index is 12.8. The summed E-state index contributed by atoms with van der Waals surface area (Å²) in [4.78, 5) is 12.6. The predicted molar refractivity (Wildman–Crippen MR) is 93.6 cm³/mol. The number of thioether (sulfide) groups is 1. The summed E-state index contributed by atoms with van der Waals surface area (Å²) in [6.07, 6.45) is 0. The van der Waals surface area contributed by atoms with Gasteiger partial charge in [0.15, 0.2) is 5.76 Å². The molecule has 0 fully saturated rings. The van der Waals surface area contributed by atoms with Gasteiger partial charge in [0, 0.05) is 16.5 Å². The van der Waals surface area contributed by atoms with Gasteiger partial charge >= 0.3 is 5.97 Å². The summed E-state index contributed by atoms with van der Waals surface area (Å²) in [5.74, 6) is 0.109. The average Bonchev–Trinajstić information content (AvgIpc) is 3.09. The Labute approximate surface area is 149 Å². The first-order chi connectivity index (χ1) is 12.1. The molecule has 6 heteroatoms. The van der Waals surface area contributed by atoms with Crippen LogP contribution in [0.1, 0.15) is 11.3 Å². The number of esters is 1. The Kier molecular flexibility index (Phi) is 5.50. The summed E-state index contributed by atoms with van der Waals surface area (Å²) in [7, 11) is 0. The van der Waals surface area contributed by atoms with Crippen LogP contribution in [0.2, 0.25) is 0 Å². The molecule has 1 aromatic heterocycles. The van der Waals surface area contributed by atoms with Crippen molar-refractivity contribution < 1.29 is 18.4 Å². The van der Waals surface area contributed by atoms with Gasteiger partial charge in [-0.15, -0.1) is 11.8 Å². The summed E-state index contributed by atoms with van der Waals surface area (Å²) in [6, 6.07) is 15.6. The highest BCUT2D eigenvalue weighted by Crippen LogP contribution is 2.21. The monoisotopic (exact) mass is 357 g/mol. The number of nitrogens with zero attached hydrogens (tertiary/aromatic N) is 1.